The summed E-state index contributed by atoms with van der Waals surface area (Å²) in [5, 5.41) is 3.64. The Balaban J connectivity index is 2.00. The molecule has 17 heavy (non-hydrogen) atoms. The molecule has 0 aromatic rings. The van der Waals surface area contributed by atoms with E-state index in [1.807, 2.05) is 0 Å². The van der Waals surface area contributed by atoms with Crippen molar-refractivity contribution in [3.8, 4) is 0 Å². The number of hydrogen-bond acceptors (Lipinski definition) is 2. The summed E-state index contributed by atoms with van der Waals surface area (Å²) in [4.78, 5) is 2.85. The summed E-state index contributed by atoms with van der Waals surface area (Å²) in [6, 6.07) is 0. The fourth-order valence-corrected chi connectivity index (χ4v) is 3.73. The van der Waals surface area contributed by atoms with Crippen molar-refractivity contribution < 1.29 is 0 Å². The second-order valence-corrected chi connectivity index (χ2v) is 6.09. The molecule has 2 nitrogen and oxygen atoms in total. The van der Waals surface area contributed by atoms with Gasteiger partial charge in [-0.05, 0) is 18.8 Å². The minimum Gasteiger partial charge on any atom is -0.314 e. The quantitative estimate of drug-likeness (QED) is 0.810. The average Bonchev–Trinajstić information content (AvgIpc) is 2.39. The molecule has 1 spiro atoms. The van der Waals surface area contributed by atoms with Crippen LogP contribution in [-0.2, 0) is 0 Å². The van der Waals surface area contributed by atoms with Gasteiger partial charge in [0.05, 0.1) is 0 Å². The molecule has 1 saturated carbocycles. The summed E-state index contributed by atoms with van der Waals surface area (Å²) in [5.41, 5.74) is 0.527. The van der Waals surface area contributed by atoms with Crippen molar-refractivity contribution in [2.75, 3.05) is 26.2 Å². The van der Waals surface area contributed by atoms with Gasteiger partial charge in [0, 0.05) is 31.7 Å². The SMILES string of the molecule is CCC(CC)CN1CCNCC12CCCCC2. The lowest BCUT2D eigenvalue weighted by Crippen LogP contribution is -2.62. The van der Waals surface area contributed by atoms with E-state index in [2.05, 4.69) is 24.1 Å². The van der Waals surface area contributed by atoms with Crippen LogP contribution in [0.2, 0.25) is 0 Å². The highest BCUT2D eigenvalue weighted by molar-refractivity contribution is 4.98. The van der Waals surface area contributed by atoms with E-state index >= 15 is 0 Å². The summed E-state index contributed by atoms with van der Waals surface area (Å²) < 4.78 is 0. The predicted molar refractivity (Wildman–Crippen MR) is 74.3 cm³/mol. The van der Waals surface area contributed by atoms with Crippen LogP contribution in [0.1, 0.15) is 58.8 Å². The van der Waals surface area contributed by atoms with E-state index < -0.39 is 0 Å². The number of rotatable bonds is 4. The minimum absolute atomic E-state index is 0.527. The molecule has 2 aliphatic rings. The topological polar surface area (TPSA) is 15.3 Å². The van der Waals surface area contributed by atoms with E-state index in [-0.39, 0.29) is 0 Å². The largest absolute Gasteiger partial charge is 0.314 e. The first-order valence-electron chi connectivity index (χ1n) is 7.76. The Labute approximate surface area is 107 Å². The van der Waals surface area contributed by atoms with Crippen LogP contribution in [0.15, 0.2) is 0 Å². The number of nitrogens with zero attached hydrogens (tertiary/aromatic N) is 1. The lowest BCUT2D eigenvalue weighted by Gasteiger charge is -2.51. The maximum Gasteiger partial charge on any atom is 0.0334 e. The van der Waals surface area contributed by atoms with Crippen molar-refractivity contribution in [3.05, 3.63) is 0 Å². The van der Waals surface area contributed by atoms with Crippen LogP contribution < -0.4 is 5.32 Å². The van der Waals surface area contributed by atoms with Crippen molar-refractivity contribution in [1.29, 1.82) is 0 Å². The van der Waals surface area contributed by atoms with Gasteiger partial charge in [0.1, 0.15) is 0 Å². The van der Waals surface area contributed by atoms with Crippen LogP contribution in [0.3, 0.4) is 0 Å². The Morgan fingerprint density at radius 3 is 2.47 bits per heavy atom. The smallest absolute Gasteiger partial charge is 0.0334 e. The summed E-state index contributed by atoms with van der Waals surface area (Å²) in [6.45, 7) is 9.76. The Morgan fingerprint density at radius 1 is 1.12 bits per heavy atom. The Kier molecular flexibility index (Phi) is 4.87. The number of piperazine rings is 1. The van der Waals surface area contributed by atoms with E-state index in [0.29, 0.717) is 5.54 Å². The van der Waals surface area contributed by atoms with Gasteiger partial charge in [-0.1, -0.05) is 46.0 Å². The zero-order chi connectivity index (χ0) is 12.1. The monoisotopic (exact) mass is 238 g/mol. The first kappa shape index (κ1) is 13.4. The molecule has 0 radical (unpaired) electrons. The molecule has 1 N–H and O–H groups in total. The van der Waals surface area contributed by atoms with Crippen molar-refractivity contribution >= 4 is 0 Å². The molecule has 1 saturated heterocycles. The van der Waals surface area contributed by atoms with Crippen LogP contribution in [-0.4, -0.2) is 36.6 Å². The molecule has 0 aromatic carbocycles. The zero-order valence-electron chi connectivity index (χ0n) is 11.8. The molecule has 0 aromatic heterocycles. The fraction of sp³-hybridized carbons (Fsp3) is 1.00. The van der Waals surface area contributed by atoms with Gasteiger partial charge in [0.25, 0.3) is 0 Å². The van der Waals surface area contributed by atoms with Gasteiger partial charge in [0.2, 0.25) is 0 Å². The van der Waals surface area contributed by atoms with E-state index in [9.17, 15) is 0 Å². The Morgan fingerprint density at radius 2 is 1.82 bits per heavy atom. The standard InChI is InChI=1S/C15H30N2/c1-3-14(4-2)12-17-11-10-16-13-15(17)8-6-5-7-9-15/h14,16H,3-13H2,1-2H3. The van der Waals surface area contributed by atoms with E-state index in [4.69, 9.17) is 0 Å². The molecule has 1 aliphatic carbocycles. The summed E-state index contributed by atoms with van der Waals surface area (Å²) in [7, 11) is 0. The van der Waals surface area contributed by atoms with Gasteiger partial charge in [-0.25, -0.2) is 0 Å². The highest BCUT2D eigenvalue weighted by Crippen LogP contribution is 2.35. The summed E-state index contributed by atoms with van der Waals surface area (Å²) in [6.07, 6.45) is 9.90. The van der Waals surface area contributed by atoms with Crippen molar-refractivity contribution in [2.45, 2.75) is 64.3 Å². The van der Waals surface area contributed by atoms with Crippen LogP contribution in [0.25, 0.3) is 0 Å². The molecule has 1 aliphatic heterocycles. The maximum atomic E-state index is 3.64. The molecule has 0 bridgehead atoms. The molecular weight excluding hydrogens is 208 g/mol. The molecule has 0 unspecified atom stereocenters. The van der Waals surface area contributed by atoms with Crippen LogP contribution in [0, 0.1) is 5.92 Å². The van der Waals surface area contributed by atoms with Crippen molar-refractivity contribution in [2.24, 2.45) is 5.92 Å². The van der Waals surface area contributed by atoms with E-state index in [1.54, 1.807) is 0 Å². The number of hydrogen-bond donors (Lipinski definition) is 1. The van der Waals surface area contributed by atoms with Gasteiger partial charge in [-0.3, -0.25) is 4.90 Å². The third-order valence-electron chi connectivity index (χ3n) is 5.10. The maximum absolute atomic E-state index is 3.64. The van der Waals surface area contributed by atoms with Crippen LogP contribution >= 0.6 is 0 Å². The third-order valence-corrected chi connectivity index (χ3v) is 5.10. The van der Waals surface area contributed by atoms with E-state index in [1.165, 1.54) is 71.1 Å². The number of nitrogens with one attached hydrogen (secondary N) is 1. The van der Waals surface area contributed by atoms with Gasteiger partial charge >= 0.3 is 0 Å². The highest BCUT2D eigenvalue weighted by atomic mass is 15.3. The third kappa shape index (κ3) is 3.03. The van der Waals surface area contributed by atoms with Gasteiger partial charge in [-0.2, -0.15) is 0 Å². The average molecular weight is 238 g/mol. The fourth-order valence-electron chi connectivity index (χ4n) is 3.73. The van der Waals surface area contributed by atoms with Gasteiger partial charge < -0.3 is 5.32 Å². The molecule has 0 amide bonds. The first-order valence-corrected chi connectivity index (χ1v) is 7.76. The summed E-state index contributed by atoms with van der Waals surface area (Å²) in [5.74, 6) is 0.909. The summed E-state index contributed by atoms with van der Waals surface area (Å²) >= 11 is 0. The van der Waals surface area contributed by atoms with Crippen molar-refractivity contribution in [3.63, 3.8) is 0 Å². The lowest BCUT2D eigenvalue weighted by molar-refractivity contribution is 0.0144. The molecule has 100 valence electrons. The van der Waals surface area contributed by atoms with Crippen molar-refractivity contribution in [1.82, 2.24) is 10.2 Å². The predicted octanol–water partition coefficient (Wildman–Crippen LogP) is 3.03. The minimum atomic E-state index is 0.527. The first-order chi connectivity index (χ1) is 8.30. The Bertz CT molecular complexity index is 209. The second-order valence-electron chi connectivity index (χ2n) is 6.09. The molecule has 0 atom stereocenters. The molecule has 2 rings (SSSR count). The highest BCUT2D eigenvalue weighted by Gasteiger charge is 2.39. The Hall–Kier alpha value is -0.0800. The van der Waals surface area contributed by atoms with E-state index in [0.717, 1.165) is 5.92 Å². The van der Waals surface area contributed by atoms with Crippen LogP contribution in [0.4, 0.5) is 0 Å². The molecular formula is C15H30N2. The molecule has 2 heteroatoms. The zero-order valence-corrected chi connectivity index (χ0v) is 11.8. The van der Waals surface area contributed by atoms with Crippen LogP contribution in [0.5, 0.6) is 0 Å². The molecule has 1 heterocycles. The molecule has 2 fully saturated rings. The van der Waals surface area contributed by atoms with Gasteiger partial charge in [-0.15, -0.1) is 0 Å². The second kappa shape index (κ2) is 6.19. The normalized spacial score (nSPS) is 25.6. The lowest BCUT2D eigenvalue weighted by atomic mass is 9.78. The van der Waals surface area contributed by atoms with Gasteiger partial charge in [0.15, 0.2) is 0 Å².